The van der Waals surface area contributed by atoms with E-state index in [9.17, 15) is 9.59 Å². The summed E-state index contributed by atoms with van der Waals surface area (Å²) in [4.78, 5) is 22.6. The number of carbonyl (C=O) groups is 2. The molecular weight excluding hydrogens is 238 g/mol. The van der Waals surface area contributed by atoms with Gasteiger partial charge in [-0.2, -0.15) is 0 Å². The van der Waals surface area contributed by atoms with Crippen molar-refractivity contribution in [3.8, 4) is 0 Å². The summed E-state index contributed by atoms with van der Waals surface area (Å²) in [6, 6.07) is 5.22. The van der Waals surface area contributed by atoms with Crippen LogP contribution in [0.5, 0.6) is 0 Å². The molecule has 1 N–H and O–H groups in total. The van der Waals surface area contributed by atoms with Crippen molar-refractivity contribution in [1.29, 1.82) is 0 Å². The molecule has 1 amide bonds. The van der Waals surface area contributed by atoms with Crippen molar-refractivity contribution in [1.82, 2.24) is 0 Å². The molecule has 0 bridgehead atoms. The highest BCUT2D eigenvalue weighted by Gasteiger charge is 2.12. The van der Waals surface area contributed by atoms with Crippen LogP contribution in [0, 0.1) is 0 Å². The molecule has 0 radical (unpaired) electrons. The van der Waals surface area contributed by atoms with Crippen LogP contribution in [0.1, 0.15) is 42.6 Å². The molecule has 0 spiro atoms. The largest absolute Gasteiger partial charge is 0.326 e. The Morgan fingerprint density at radius 2 is 2.00 bits per heavy atom. The Balaban J connectivity index is 3.17. The second-order valence-corrected chi connectivity index (χ2v) is 4.46. The standard InChI is InChI=1S/C13H16ClNO2/c1-8(2)11-6-10(13(17)7-14)4-5-12(11)15-9(3)16/h4-6,8H,7H2,1-3H3,(H,15,16). The number of Topliss-reactive ketones (excluding diaryl/α,β-unsaturated/α-hetero) is 1. The van der Waals surface area contributed by atoms with Crippen LogP contribution in [0.25, 0.3) is 0 Å². The number of rotatable bonds is 4. The number of alkyl halides is 1. The van der Waals surface area contributed by atoms with Gasteiger partial charge in [-0.1, -0.05) is 13.8 Å². The number of ketones is 1. The Labute approximate surface area is 106 Å². The van der Waals surface area contributed by atoms with E-state index in [-0.39, 0.29) is 23.5 Å². The molecule has 0 aromatic heterocycles. The van der Waals surface area contributed by atoms with Gasteiger partial charge in [-0.15, -0.1) is 11.6 Å². The molecule has 92 valence electrons. The fourth-order valence-electron chi connectivity index (χ4n) is 1.59. The number of hydrogen-bond donors (Lipinski definition) is 1. The Hall–Kier alpha value is -1.35. The zero-order valence-electron chi connectivity index (χ0n) is 10.2. The predicted octanol–water partition coefficient (Wildman–Crippen LogP) is 3.19. The second kappa shape index (κ2) is 5.82. The van der Waals surface area contributed by atoms with Crippen LogP contribution in [-0.4, -0.2) is 17.6 Å². The summed E-state index contributed by atoms with van der Waals surface area (Å²) >= 11 is 5.52. The van der Waals surface area contributed by atoms with E-state index >= 15 is 0 Å². The van der Waals surface area contributed by atoms with Gasteiger partial charge in [0.2, 0.25) is 5.91 Å². The monoisotopic (exact) mass is 253 g/mol. The topological polar surface area (TPSA) is 46.2 Å². The Morgan fingerprint density at radius 1 is 1.35 bits per heavy atom. The Morgan fingerprint density at radius 3 is 2.47 bits per heavy atom. The van der Waals surface area contributed by atoms with E-state index in [4.69, 9.17) is 11.6 Å². The highest BCUT2D eigenvalue weighted by Crippen LogP contribution is 2.25. The van der Waals surface area contributed by atoms with Crippen molar-refractivity contribution < 1.29 is 9.59 Å². The van der Waals surface area contributed by atoms with Gasteiger partial charge in [0.05, 0.1) is 5.88 Å². The number of carbonyl (C=O) groups excluding carboxylic acids is 2. The highest BCUT2D eigenvalue weighted by molar-refractivity contribution is 6.30. The third-order valence-corrected chi connectivity index (χ3v) is 2.67. The lowest BCUT2D eigenvalue weighted by Crippen LogP contribution is -2.10. The minimum Gasteiger partial charge on any atom is -0.326 e. The maximum Gasteiger partial charge on any atom is 0.221 e. The lowest BCUT2D eigenvalue weighted by Gasteiger charge is -2.14. The SMILES string of the molecule is CC(=O)Nc1ccc(C(=O)CCl)cc1C(C)C. The quantitative estimate of drug-likeness (QED) is 0.662. The molecule has 0 aliphatic heterocycles. The summed E-state index contributed by atoms with van der Waals surface area (Å²) in [6.45, 7) is 5.48. The van der Waals surface area contributed by atoms with Gasteiger partial charge in [-0.25, -0.2) is 0 Å². The predicted molar refractivity (Wildman–Crippen MR) is 69.9 cm³/mol. The van der Waals surface area contributed by atoms with Crippen LogP contribution in [-0.2, 0) is 4.79 Å². The number of halogens is 1. The number of hydrogen-bond acceptors (Lipinski definition) is 2. The molecule has 0 aliphatic rings. The van der Waals surface area contributed by atoms with Crippen molar-refractivity contribution >= 4 is 29.0 Å². The summed E-state index contributed by atoms with van der Waals surface area (Å²) in [5.41, 5.74) is 2.27. The molecule has 0 unspecified atom stereocenters. The van der Waals surface area contributed by atoms with Gasteiger partial charge < -0.3 is 5.32 Å². The van der Waals surface area contributed by atoms with Gasteiger partial charge in [-0.3, -0.25) is 9.59 Å². The number of nitrogens with one attached hydrogen (secondary N) is 1. The molecule has 1 aromatic carbocycles. The fourth-order valence-corrected chi connectivity index (χ4v) is 1.75. The molecule has 0 saturated heterocycles. The van der Waals surface area contributed by atoms with E-state index in [1.165, 1.54) is 6.92 Å². The van der Waals surface area contributed by atoms with Gasteiger partial charge in [0.15, 0.2) is 5.78 Å². The lowest BCUT2D eigenvalue weighted by atomic mass is 9.97. The third-order valence-electron chi connectivity index (χ3n) is 2.43. The molecule has 3 nitrogen and oxygen atoms in total. The average Bonchev–Trinajstić information content (AvgIpc) is 2.27. The fraction of sp³-hybridized carbons (Fsp3) is 0.385. The molecule has 1 aromatic rings. The van der Waals surface area contributed by atoms with Crippen molar-refractivity contribution in [3.05, 3.63) is 29.3 Å². The summed E-state index contributed by atoms with van der Waals surface area (Å²) in [5.74, 6) is -0.0389. The normalized spacial score (nSPS) is 10.4. The minimum absolute atomic E-state index is 0.0307. The molecule has 4 heteroatoms. The van der Waals surface area contributed by atoms with Crippen LogP contribution in [0.3, 0.4) is 0 Å². The molecule has 0 saturated carbocycles. The first-order valence-corrected chi connectivity index (χ1v) is 5.99. The van der Waals surface area contributed by atoms with E-state index in [2.05, 4.69) is 5.32 Å². The first kappa shape index (κ1) is 13.7. The molecule has 17 heavy (non-hydrogen) atoms. The zero-order chi connectivity index (χ0) is 13.0. The average molecular weight is 254 g/mol. The molecule has 0 atom stereocenters. The van der Waals surface area contributed by atoms with Crippen LogP contribution in [0.4, 0.5) is 5.69 Å². The highest BCUT2D eigenvalue weighted by atomic mass is 35.5. The summed E-state index contributed by atoms with van der Waals surface area (Å²) in [6.07, 6.45) is 0. The lowest BCUT2D eigenvalue weighted by molar-refractivity contribution is -0.114. The summed E-state index contributed by atoms with van der Waals surface area (Å²) in [7, 11) is 0. The van der Waals surface area contributed by atoms with Gasteiger partial charge in [0.1, 0.15) is 0 Å². The van der Waals surface area contributed by atoms with Crippen molar-refractivity contribution in [2.45, 2.75) is 26.7 Å². The maximum atomic E-state index is 11.5. The van der Waals surface area contributed by atoms with E-state index in [1.54, 1.807) is 18.2 Å². The van der Waals surface area contributed by atoms with E-state index in [0.29, 0.717) is 5.56 Å². The molecule has 1 rings (SSSR count). The Bertz CT molecular complexity index is 441. The van der Waals surface area contributed by atoms with Crippen LogP contribution in [0.15, 0.2) is 18.2 Å². The maximum absolute atomic E-state index is 11.5. The van der Waals surface area contributed by atoms with Crippen molar-refractivity contribution in [2.75, 3.05) is 11.2 Å². The molecule has 0 fully saturated rings. The first-order chi connectivity index (χ1) is 7.95. The van der Waals surface area contributed by atoms with Gasteiger partial charge >= 0.3 is 0 Å². The third kappa shape index (κ3) is 3.56. The van der Waals surface area contributed by atoms with Crippen LogP contribution >= 0.6 is 11.6 Å². The van der Waals surface area contributed by atoms with E-state index in [0.717, 1.165) is 11.3 Å². The van der Waals surface area contributed by atoms with Gasteiger partial charge in [0.25, 0.3) is 0 Å². The molecule has 0 heterocycles. The Kier molecular flexibility index (Phi) is 4.70. The van der Waals surface area contributed by atoms with E-state index in [1.807, 2.05) is 13.8 Å². The minimum atomic E-state index is -0.122. The smallest absolute Gasteiger partial charge is 0.221 e. The first-order valence-electron chi connectivity index (χ1n) is 5.46. The number of benzene rings is 1. The number of amides is 1. The van der Waals surface area contributed by atoms with Gasteiger partial charge in [0, 0.05) is 18.2 Å². The van der Waals surface area contributed by atoms with Crippen LogP contribution < -0.4 is 5.32 Å². The second-order valence-electron chi connectivity index (χ2n) is 4.19. The molecular formula is C13H16ClNO2. The number of anilines is 1. The van der Waals surface area contributed by atoms with E-state index < -0.39 is 0 Å². The van der Waals surface area contributed by atoms with Crippen molar-refractivity contribution in [3.63, 3.8) is 0 Å². The molecule has 0 aliphatic carbocycles. The summed E-state index contributed by atoms with van der Waals surface area (Å²) in [5, 5.41) is 2.76. The van der Waals surface area contributed by atoms with Crippen molar-refractivity contribution in [2.24, 2.45) is 0 Å². The summed E-state index contributed by atoms with van der Waals surface area (Å²) < 4.78 is 0. The zero-order valence-corrected chi connectivity index (χ0v) is 11.0. The van der Waals surface area contributed by atoms with Crippen LogP contribution in [0.2, 0.25) is 0 Å². The van der Waals surface area contributed by atoms with Gasteiger partial charge in [-0.05, 0) is 29.7 Å².